The van der Waals surface area contributed by atoms with Crippen LogP contribution in [0.3, 0.4) is 0 Å². The highest BCUT2D eigenvalue weighted by atomic mass is 16.6. The SMILES string of the molecule is CC(=O)C1(C)COCCO1. The van der Waals surface area contributed by atoms with E-state index < -0.39 is 5.60 Å². The summed E-state index contributed by atoms with van der Waals surface area (Å²) >= 11 is 0. The molecule has 0 radical (unpaired) electrons. The molecule has 0 aliphatic carbocycles. The monoisotopic (exact) mass is 144 g/mol. The van der Waals surface area contributed by atoms with Crippen molar-refractivity contribution in [2.75, 3.05) is 19.8 Å². The van der Waals surface area contributed by atoms with Gasteiger partial charge in [0.1, 0.15) is 5.60 Å². The number of carbonyl (C=O) groups excluding carboxylic acids is 1. The molecule has 1 rings (SSSR count). The molecule has 1 atom stereocenters. The van der Waals surface area contributed by atoms with Crippen molar-refractivity contribution in [3.63, 3.8) is 0 Å². The van der Waals surface area contributed by atoms with Crippen LogP contribution in [0.4, 0.5) is 0 Å². The Balaban J connectivity index is 2.56. The molecule has 3 heteroatoms. The van der Waals surface area contributed by atoms with Gasteiger partial charge in [-0.25, -0.2) is 0 Å². The Kier molecular flexibility index (Phi) is 2.06. The van der Waals surface area contributed by atoms with Gasteiger partial charge in [-0.3, -0.25) is 4.79 Å². The molecular weight excluding hydrogens is 132 g/mol. The summed E-state index contributed by atoms with van der Waals surface area (Å²) in [6.45, 7) is 4.80. The van der Waals surface area contributed by atoms with E-state index in [2.05, 4.69) is 0 Å². The van der Waals surface area contributed by atoms with Crippen LogP contribution < -0.4 is 0 Å². The predicted octanol–water partition coefficient (Wildman–Crippen LogP) is 0.381. The fourth-order valence-corrected chi connectivity index (χ4v) is 0.838. The van der Waals surface area contributed by atoms with Gasteiger partial charge < -0.3 is 9.47 Å². The summed E-state index contributed by atoms with van der Waals surface area (Å²) < 4.78 is 10.4. The van der Waals surface area contributed by atoms with E-state index in [1.54, 1.807) is 6.92 Å². The van der Waals surface area contributed by atoms with Crippen LogP contribution in [0.2, 0.25) is 0 Å². The number of Topliss-reactive ketones (excluding diaryl/α,β-unsaturated/α-hetero) is 1. The van der Waals surface area contributed by atoms with Crippen molar-refractivity contribution in [2.24, 2.45) is 0 Å². The van der Waals surface area contributed by atoms with Crippen molar-refractivity contribution in [2.45, 2.75) is 19.4 Å². The van der Waals surface area contributed by atoms with Crippen molar-refractivity contribution < 1.29 is 14.3 Å². The minimum absolute atomic E-state index is 0.0344. The number of rotatable bonds is 1. The van der Waals surface area contributed by atoms with Gasteiger partial charge in [-0.2, -0.15) is 0 Å². The van der Waals surface area contributed by atoms with E-state index in [0.29, 0.717) is 19.8 Å². The fraction of sp³-hybridized carbons (Fsp3) is 0.857. The highest BCUT2D eigenvalue weighted by Crippen LogP contribution is 2.15. The largest absolute Gasteiger partial charge is 0.376 e. The molecule has 0 bridgehead atoms. The van der Waals surface area contributed by atoms with Crippen molar-refractivity contribution >= 4 is 5.78 Å². The Morgan fingerprint density at radius 2 is 2.20 bits per heavy atom. The zero-order valence-electron chi connectivity index (χ0n) is 6.35. The minimum Gasteiger partial charge on any atom is -0.376 e. The molecule has 1 aliphatic rings. The van der Waals surface area contributed by atoms with Gasteiger partial charge >= 0.3 is 0 Å². The number of hydrogen-bond acceptors (Lipinski definition) is 3. The van der Waals surface area contributed by atoms with E-state index in [4.69, 9.17) is 9.47 Å². The average molecular weight is 144 g/mol. The quantitative estimate of drug-likeness (QED) is 0.533. The van der Waals surface area contributed by atoms with E-state index in [0.717, 1.165) is 0 Å². The molecule has 0 N–H and O–H groups in total. The zero-order valence-corrected chi connectivity index (χ0v) is 6.35. The first-order valence-electron chi connectivity index (χ1n) is 3.38. The van der Waals surface area contributed by atoms with Crippen molar-refractivity contribution in [1.82, 2.24) is 0 Å². The Hall–Kier alpha value is -0.410. The van der Waals surface area contributed by atoms with Gasteiger partial charge in [0.2, 0.25) is 0 Å². The second-order valence-corrected chi connectivity index (χ2v) is 2.69. The summed E-state index contributed by atoms with van der Waals surface area (Å²) in [6, 6.07) is 0. The normalized spacial score (nSPS) is 33.8. The molecule has 0 aromatic heterocycles. The summed E-state index contributed by atoms with van der Waals surface area (Å²) in [5, 5.41) is 0. The average Bonchev–Trinajstić information content (AvgIpc) is 1.89. The summed E-state index contributed by atoms with van der Waals surface area (Å²) in [4.78, 5) is 10.9. The standard InChI is InChI=1S/C7H12O3/c1-6(8)7(2)5-9-3-4-10-7/h3-5H2,1-2H3. The molecule has 1 fully saturated rings. The Labute approximate surface area is 60.3 Å². The Bertz CT molecular complexity index is 136. The van der Waals surface area contributed by atoms with Gasteiger partial charge in [-0.05, 0) is 13.8 Å². The molecule has 58 valence electrons. The maximum Gasteiger partial charge on any atom is 0.163 e. The van der Waals surface area contributed by atoms with E-state index in [-0.39, 0.29) is 5.78 Å². The van der Waals surface area contributed by atoms with Gasteiger partial charge in [-0.1, -0.05) is 0 Å². The minimum atomic E-state index is -0.682. The molecule has 0 amide bonds. The van der Waals surface area contributed by atoms with Crippen LogP contribution in [-0.2, 0) is 14.3 Å². The summed E-state index contributed by atoms with van der Waals surface area (Å²) in [5.74, 6) is 0.0344. The number of ketones is 1. The van der Waals surface area contributed by atoms with Crippen LogP contribution in [0.25, 0.3) is 0 Å². The smallest absolute Gasteiger partial charge is 0.163 e. The molecule has 0 aromatic rings. The third kappa shape index (κ3) is 1.36. The lowest BCUT2D eigenvalue weighted by molar-refractivity contribution is -0.169. The summed E-state index contributed by atoms with van der Waals surface area (Å²) in [5.41, 5.74) is -0.682. The van der Waals surface area contributed by atoms with Gasteiger partial charge in [-0.15, -0.1) is 0 Å². The lowest BCUT2D eigenvalue weighted by Crippen LogP contribution is -2.46. The number of carbonyl (C=O) groups is 1. The second-order valence-electron chi connectivity index (χ2n) is 2.69. The van der Waals surface area contributed by atoms with Crippen molar-refractivity contribution in [3.8, 4) is 0 Å². The maximum absolute atomic E-state index is 10.9. The first kappa shape index (κ1) is 7.69. The lowest BCUT2D eigenvalue weighted by Gasteiger charge is -2.30. The topological polar surface area (TPSA) is 35.5 Å². The van der Waals surface area contributed by atoms with E-state index >= 15 is 0 Å². The highest BCUT2D eigenvalue weighted by Gasteiger charge is 2.33. The fourth-order valence-electron chi connectivity index (χ4n) is 0.838. The number of hydrogen-bond donors (Lipinski definition) is 0. The number of ether oxygens (including phenoxy) is 2. The third-order valence-corrected chi connectivity index (χ3v) is 1.77. The molecule has 0 spiro atoms. The molecule has 1 unspecified atom stereocenters. The van der Waals surface area contributed by atoms with E-state index in [9.17, 15) is 4.79 Å². The van der Waals surface area contributed by atoms with E-state index in [1.165, 1.54) is 6.92 Å². The predicted molar refractivity (Wildman–Crippen MR) is 35.9 cm³/mol. The van der Waals surface area contributed by atoms with Crippen LogP contribution >= 0.6 is 0 Å². The highest BCUT2D eigenvalue weighted by molar-refractivity contribution is 5.84. The summed E-state index contributed by atoms with van der Waals surface area (Å²) in [6.07, 6.45) is 0. The maximum atomic E-state index is 10.9. The van der Waals surface area contributed by atoms with Gasteiger partial charge in [0.05, 0.1) is 19.8 Å². The third-order valence-electron chi connectivity index (χ3n) is 1.77. The Morgan fingerprint density at radius 1 is 1.50 bits per heavy atom. The second kappa shape index (κ2) is 2.68. The molecule has 1 saturated heterocycles. The van der Waals surface area contributed by atoms with Crippen LogP contribution in [0, 0.1) is 0 Å². The summed E-state index contributed by atoms with van der Waals surface area (Å²) in [7, 11) is 0. The van der Waals surface area contributed by atoms with Crippen molar-refractivity contribution in [1.29, 1.82) is 0 Å². The van der Waals surface area contributed by atoms with Crippen LogP contribution in [0.15, 0.2) is 0 Å². The van der Waals surface area contributed by atoms with Crippen LogP contribution in [0.5, 0.6) is 0 Å². The van der Waals surface area contributed by atoms with Gasteiger partial charge in [0, 0.05) is 0 Å². The molecule has 10 heavy (non-hydrogen) atoms. The molecule has 3 nitrogen and oxygen atoms in total. The van der Waals surface area contributed by atoms with Gasteiger partial charge in [0.25, 0.3) is 0 Å². The first-order chi connectivity index (χ1) is 4.65. The molecule has 1 heterocycles. The molecule has 1 aliphatic heterocycles. The van der Waals surface area contributed by atoms with Crippen LogP contribution in [0.1, 0.15) is 13.8 Å². The zero-order chi connectivity index (χ0) is 7.61. The molecule has 0 aromatic carbocycles. The van der Waals surface area contributed by atoms with E-state index in [1.807, 2.05) is 0 Å². The first-order valence-corrected chi connectivity index (χ1v) is 3.38. The molecule has 0 saturated carbocycles. The lowest BCUT2D eigenvalue weighted by atomic mass is 10.0. The van der Waals surface area contributed by atoms with Gasteiger partial charge in [0.15, 0.2) is 5.78 Å². The molecular formula is C7H12O3. The Morgan fingerprint density at radius 3 is 2.50 bits per heavy atom. The van der Waals surface area contributed by atoms with Crippen molar-refractivity contribution in [3.05, 3.63) is 0 Å². The van der Waals surface area contributed by atoms with Crippen LogP contribution in [-0.4, -0.2) is 31.2 Å².